The molecule has 0 spiro atoms. The Labute approximate surface area is 142 Å². The van der Waals surface area contributed by atoms with Crippen LogP contribution in [0.3, 0.4) is 0 Å². The van der Waals surface area contributed by atoms with E-state index in [-0.39, 0.29) is 0 Å². The molecule has 1 fully saturated rings. The van der Waals surface area contributed by atoms with Crippen LogP contribution in [-0.4, -0.2) is 17.3 Å². The highest BCUT2D eigenvalue weighted by atomic mass is 79.9. The molecule has 1 aliphatic heterocycles. The van der Waals surface area contributed by atoms with E-state index in [1.807, 2.05) is 0 Å². The second kappa shape index (κ2) is 7.23. The highest BCUT2D eigenvalue weighted by Crippen LogP contribution is 2.50. The Kier molecular flexibility index (Phi) is 5.30. The molecule has 0 N–H and O–H groups in total. The van der Waals surface area contributed by atoms with Gasteiger partial charge in [-0.3, -0.25) is 0 Å². The highest BCUT2D eigenvalue weighted by molar-refractivity contribution is 9.10. The van der Waals surface area contributed by atoms with Crippen molar-refractivity contribution in [2.24, 2.45) is 5.92 Å². The Bertz CT molecular complexity index is 619. The van der Waals surface area contributed by atoms with Crippen molar-refractivity contribution in [1.82, 2.24) is 4.67 Å². The van der Waals surface area contributed by atoms with Gasteiger partial charge < -0.3 is 4.52 Å². The first-order chi connectivity index (χ1) is 10.7. The zero-order valence-corrected chi connectivity index (χ0v) is 15.4. The Hall–Kier alpha value is -0.730. The summed E-state index contributed by atoms with van der Waals surface area (Å²) in [5, 5.41) is 1.30. The molecule has 1 unspecified atom stereocenters. The van der Waals surface area contributed by atoms with E-state index in [4.69, 9.17) is 4.52 Å². The molecule has 0 radical (unpaired) electrons. The summed E-state index contributed by atoms with van der Waals surface area (Å²) in [7, 11) is -0.699. The van der Waals surface area contributed by atoms with Crippen LogP contribution in [0.25, 0.3) is 0 Å². The van der Waals surface area contributed by atoms with Crippen molar-refractivity contribution < 1.29 is 4.52 Å². The summed E-state index contributed by atoms with van der Waals surface area (Å²) < 4.78 is 9.94. The maximum atomic E-state index is 6.21. The second-order valence-electron chi connectivity index (χ2n) is 5.90. The van der Waals surface area contributed by atoms with Gasteiger partial charge in [-0.1, -0.05) is 78.3 Å². The first-order valence-electron chi connectivity index (χ1n) is 7.65. The molecule has 0 bridgehead atoms. The SMILES string of the molecule is CC(C)[C@H]1COP(c2ccccc2)N1Cc1ccccc1Br. The van der Waals surface area contributed by atoms with Crippen LogP contribution >= 0.6 is 24.2 Å². The van der Waals surface area contributed by atoms with Crippen LogP contribution in [0, 0.1) is 5.92 Å². The summed E-state index contributed by atoms with van der Waals surface area (Å²) in [6.07, 6.45) is 0. The lowest BCUT2D eigenvalue weighted by molar-refractivity contribution is 0.250. The molecular weight excluding hydrogens is 357 g/mol. The van der Waals surface area contributed by atoms with Crippen LogP contribution in [-0.2, 0) is 11.1 Å². The van der Waals surface area contributed by atoms with E-state index in [1.165, 1.54) is 15.3 Å². The smallest absolute Gasteiger partial charge is 0.138 e. The number of rotatable bonds is 4. The third-order valence-electron chi connectivity index (χ3n) is 4.02. The monoisotopic (exact) mass is 377 g/mol. The lowest BCUT2D eigenvalue weighted by atomic mass is 10.1. The van der Waals surface area contributed by atoms with Gasteiger partial charge in [-0.25, -0.2) is 4.67 Å². The van der Waals surface area contributed by atoms with E-state index in [2.05, 4.69) is 89.0 Å². The van der Waals surface area contributed by atoms with Gasteiger partial charge in [-0.2, -0.15) is 0 Å². The van der Waals surface area contributed by atoms with Gasteiger partial charge >= 0.3 is 0 Å². The maximum Gasteiger partial charge on any atom is 0.138 e. The van der Waals surface area contributed by atoms with Gasteiger partial charge in [0.15, 0.2) is 0 Å². The summed E-state index contributed by atoms with van der Waals surface area (Å²) in [5.41, 5.74) is 1.32. The molecule has 2 aromatic carbocycles. The normalized spacial score (nSPS) is 22.4. The number of hydrogen-bond acceptors (Lipinski definition) is 2. The number of nitrogens with zero attached hydrogens (tertiary/aromatic N) is 1. The Morgan fingerprint density at radius 1 is 1.14 bits per heavy atom. The fraction of sp³-hybridized carbons (Fsp3) is 0.333. The molecule has 0 aromatic heterocycles. The van der Waals surface area contributed by atoms with Gasteiger partial charge in [0.2, 0.25) is 0 Å². The predicted octanol–water partition coefficient (Wildman–Crippen LogP) is 4.94. The Morgan fingerprint density at radius 2 is 1.82 bits per heavy atom. The standard InChI is InChI=1S/C18H21BrNOP/c1-14(2)18-13-21-22(16-9-4-3-5-10-16)20(18)12-15-8-6-7-11-17(15)19/h3-11,14,18H,12-13H2,1-2H3/t18-,22?/m1/s1. The molecule has 3 rings (SSSR count). The van der Waals surface area contributed by atoms with E-state index in [9.17, 15) is 0 Å². The molecule has 2 aromatic rings. The largest absolute Gasteiger partial charge is 0.338 e. The Balaban J connectivity index is 1.89. The summed E-state index contributed by atoms with van der Waals surface area (Å²) in [6.45, 7) is 6.31. The van der Waals surface area contributed by atoms with Gasteiger partial charge in [-0.15, -0.1) is 0 Å². The third kappa shape index (κ3) is 3.44. The lowest BCUT2D eigenvalue weighted by Crippen LogP contribution is -2.33. The van der Waals surface area contributed by atoms with Gasteiger partial charge in [0.1, 0.15) is 8.30 Å². The molecule has 1 heterocycles. The third-order valence-corrected chi connectivity index (χ3v) is 6.83. The van der Waals surface area contributed by atoms with E-state index < -0.39 is 8.30 Å². The summed E-state index contributed by atoms with van der Waals surface area (Å²) >= 11 is 3.68. The van der Waals surface area contributed by atoms with Gasteiger partial charge in [-0.05, 0) is 17.5 Å². The zero-order valence-electron chi connectivity index (χ0n) is 12.9. The van der Waals surface area contributed by atoms with E-state index >= 15 is 0 Å². The van der Waals surface area contributed by atoms with E-state index in [0.29, 0.717) is 12.0 Å². The van der Waals surface area contributed by atoms with Gasteiger partial charge in [0, 0.05) is 22.4 Å². The molecule has 0 amide bonds. The molecule has 4 heteroatoms. The zero-order chi connectivity index (χ0) is 15.5. The van der Waals surface area contributed by atoms with E-state index in [1.54, 1.807) is 0 Å². The van der Waals surface area contributed by atoms with Crippen LogP contribution in [0.1, 0.15) is 19.4 Å². The minimum absolute atomic E-state index is 0.471. The van der Waals surface area contributed by atoms with Crippen LogP contribution in [0.5, 0.6) is 0 Å². The van der Waals surface area contributed by atoms with Crippen molar-refractivity contribution in [3.63, 3.8) is 0 Å². The molecule has 0 aliphatic carbocycles. The maximum absolute atomic E-state index is 6.21. The predicted molar refractivity (Wildman–Crippen MR) is 97.3 cm³/mol. The number of halogens is 1. The summed E-state index contributed by atoms with van der Waals surface area (Å²) in [6, 6.07) is 19.6. The fourth-order valence-electron chi connectivity index (χ4n) is 2.74. The van der Waals surface area contributed by atoms with Crippen molar-refractivity contribution in [2.45, 2.75) is 26.4 Å². The van der Waals surface area contributed by atoms with E-state index in [0.717, 1.165) is 13.2 Å². The molecule has 1 aliphatic rings. The number of benzene rings is 2. The highest BCUT2D eigenvalue weighted by Gasteiger charge is 2.37. The first-order valence-corrected chi connectivity index (χ1v) is 9.65. The van der Waals surface area contributed by atoms with Crippen molar-refractivity contribution in [3.05, 3.63) is 64.6 Å². The summed E-state index contributed by atoms with van der Waals surface area (Å²) in [4.78, 5) is 0. The molecule has 2 atom stereocenters. The van der Waals surface area contributed by atoms with Gasteiger partial charge in [0.05, 0.1) is 6.61 Å². The second-order valence-corrected chi connectivity index (χ2v) is 8.59. The molecule has 1 saturated heterocycles. The van der Waals surface area contributed by atoms with Crippen LogP contribution < -0.4 is 5.30 Å². The quantitative estimate of drug-likeness (QED) is 0.699. The van der Waals surface area contributed by atoms with Crippen molar-refractivity contribution in [2.75, 3.05) is 6.61 Å². The minimum atomic E-state index is -0.699. The van der Waals surface area contributed by atoms with Crippen molar-refractivity contribution in [1.29, 1.82) is 0 Å². The fourth-order valence-corrected chi connectivity index (χ4v) is 5.35. The van der Waals surface area contributed by atoms with Crippen molar-refractivity contribution in [3.8, 4) is 0 Å². The topological polar surface area (TPSA) is 12.5 Å². The number of hydrogen-bond donors (Lipinski definition) is 0. The average Bonchev–Trinajstić information content (AvgIpc) is 2.94. The average molecular weight is 378 g/mol. The first kappa shape index (κ1) is 16.1. The summed E-state index contributed by atoms with van der Waals surface area (Å²) in [5.74, 6) is 0.582. The van der Waals surface area contributed by atoms with Gasteiger partial charge in [0.25, 0.3) is 0 Å². The van der Waals surface area contributed by atoms with Crippen LogP contribution in [0.2, 0.25) is 0 Å². The molecule has 116 valence electrons. The molecule has 22 heavy (non-hydrogen) atoms. The molecule has 2 nitrogen and oxygen atoms in total. The van der Waals surface area contributed by atoms with Crippen LogP contribution in [0.15, 0.2) is 59.1 Å². The van der Waals surface area contributed by atoms with Crippen LogP contribution in [0.4, 0.5) is 0 Å². The Morgan fingerprint density at radius 3 is 2.50 bits per heavy atom. The van der Waals surface area contributed by atoms with Crippen molar-refractivity contribution >= 4 is 29.5 Å². The molecule has 0 saturated carbocycles. The molecular formula is C18H21BrNOP. The lowest BCUT2D eigenvalue weighted by Gasteiger charge is -2.30. The minimum Gasteiger partial charge on any atom is -0.338 e.